The number of ketones is 11. The summed E-state index contributed by atoms with van der Waals surface area (Å²) in [5.74, 6) is -0.406. The number of carbonyl (C=O) groups is 12. The summed E-state index contributed by atoms with van der Waals surface area (Å²) in [7, 11) is 0. The number of nitrogens with one attached hydrogen (secondary N) is 1. The molecule has 7 aliphatic carbocycles. The van der Waals surface area contributed by atoms with Crippen LogP contribution in [0.4, 0.5) is 52.7 Å². The van der Waals surface area contributed by atoms with Gasteiger partial charge in [-0.1, -0.05) is 0 Å². The van der Waals surface area contributed by atoms with Crippen LogP contribution in [0.15, 0.2) is 23.7 Å². The third kappa shape index (κ3) is 33.7. The number of allylic oxidation sites excluding steroid dienone is 4. The Morgan fingerprint density at radius 2 is 0.935 bits per heavy atom. The summed E-state index contributed by atoms with van der Waals surface area (Å²) < 4.78 is 182. The molecule has 1 saturated carbocycles. The highest BCUT2D eigenvalue weighted by molar-refractivity contribution is 8.20. The number of hydrogen-bond acceptors (Lipinski definition) is 26. The fourth-order valence-corrected chi connectivity index (χ4v) is 17.2. The first kappa shape index (κ1) is 110. The van der Waals surface area contributed by atoms with Crippen molar-refractivity contribution in [2.45, 2.75) is 264 Å². The predicted molar refractivity (Wildman–Crippen MR) is 442 cm³/mol. The quantitative estimate of drug-likeness (QED) is 0.0114. The monoisotopic (exact) mass is 1860 g/mol. The molecule has 26 nitrogen and oxygen atoms in total. The molecular formula is C80H109ClF12N10O16S4. The molecule has 9 aliphatic rings. The van der Waals surface area contributed by atoms with Gasteiger partial charge in [0.15, 0.2) is 63.6 Å². The average Bonchev–Trinajstić information content (AvgIpc) is 1.60. The van der Waals surface area contributed by atoms with E-state index in [1.165, 1.54) is 40.5 Å². The van der Waals surface area contributed by atoms with Crippen LogP contribution >= 0.6 is 61.2 Å². The largest absolute Gasteiger partial charge is 0.490 e. The molecule has 3 N–H and O–H groups in total. The van der Waals surface area contributed by atoms with Gasteiger partial charge in [-0.15, -0.1) is 35.9 Å². The third-order valence-corrected chi connectivity index (χ3v) is 23.0. The number of ether oxygens (including phenoxy) is 4. The van der Waals surface area contributed by atoms with Crippen molar-refractivity contribution in [2.24, 2.45) is 11.8 Å². The minimum atomic E-state index is -3.43. The lowest BCUT2D eigenvalue weighted by atomic mass is 9.89. The van der Waals surface area contributed by atoms with Gasteiger partial charge in [-0.2, -0.15) is 63.2 Å². The van der Waals surface area contributed by atoms with Gasteiger partial charge in [0.25, 0.3) is 37.5 Å². The first-order valence-corrected chi connectivity index (χ1v) is 43.2. The number of hydrogen-bond donors (Lipinski definition) is 4. The Morgan fingerprint density at radius 3 is 1.39 bits per heavy atom. The van der Waals surface area contributed by atoms with E-state index in [9.17, 15) is 110 Å². The second kappa shape index (κ2) is 54.5. The minimum absolute atomic E-state index is 0. The second-order valence-electron chi connectivity index (χ2n) is 28.6. The van der Waals surface area contributed by atoms with Gasteiger partial charge in [0.2, 0.25) is 5.78 Å². The van der Waals surface area contributed by atoms with Crippen LogP contribution in [-0.4, -0.2) is 171 Å². The zero-order chi connectivity index (χ0) is 91.4. The molecule has 43 heteroatoms. The van der Waals surface area contributed by atoms with Gasteiger partial charge in [-0.05, 0) is 175 Å². The maximum absolute atomic E-state index is 13.8. The number of thioether (sulfide) groups is 2. The summed E-state index contributed by atoms with van der Waals surface area (Å²) >= 11 is 11.3. The number of halogens is 13. The summed E-state index contributed by atoms with van der Waals surface area (Å²) in [5, 5.41) is 14.6. The highest BCUT2D eigenvalue weighted by Crippen LogP contribution is 2.59. The van der Waals surface area contributed by atoms with Gasteiger partial charge in [-0.3, -0.25) is 82.1 Å². The van der Waals surface area contributed by atoms with Crippen LogP contribution in [0.3, 0.4) is 0 Å². The van der Waals surface area contributed by atoms with Crippen LogP contribution in [0.1, 0.15) is 280 Å². The van der Waals surface area contributed by atoms with Crippen molar-refractivity contribution in [3.63, 3.8) is 0 Å². The van der Waals surface area contributed by atoms with Gasteiger partial charge in [0, 0.05) is 86.4 Å². The summed E-state index contributed by atoms with van der Waals surface area (Å²) in [6.07, 6.45) is 4.19. The first-order valence-electron chi connectivity index (χ1n) is 39.9. The molecule has 4 aromatic rings. The molecule has 4 aromatic heterocycles. The van der Waals surface area contributed by atoms with Crippen molar-refractivity contribution >= 4 is 131 Å². The molecule has 0 amide bonds. The van der Waals surface area contributed by atoms with E-state index >= 15 is 0 Å². The number of rotatable bonds is 21. The molecule has 2 aliphatic heterocycles. The van der Waals surface area contributed by atoms with Gasteiger partial charge in [0.05, 0.1) is 56.6 Å². The average molecular weight is 1860 g/mol. The number of fused-ring (bicyclic) bond motifs is 5. The Morgan fingerprint density at radius 1 is 0.504 bits per heavy atom. The number of hydrazine groups is 1. The smallest absolute Gasteiger partial charge is 0.321 e. The van der Waals surface area contributed by atoms with E-state index in [4.69, 9.17) is 20.1 Å². The van der Waals surface area contributed by atoms with Crippen LogP contribution in [0.25, 0.3) is 0 Å². The van der Waals surface area contributed by atoms with Crippen LogP contribution in [0.2, 0.25) is 0 Å². The summed E-state index contributed by atoms with van der Waals surface area (Å²) in [6.45, 7) is 14.6. The fourth-order valence-electron chi connectivity index (χ4n) is 13.7. The second-order valence-corrected chi connectivity index (χ2v) is 32.5. The lowest BCUT2D eigenvalue weighted by molar-refractivity contribution is -0.142. The lowest BCUT2D eigenvalue weighted by Gasteiger charge is -2.33. The Balaban J connectivity index is 0.000000363. The molecule has 0 bridgehead atoms. The Kier molecular flexibility index (Phi) is 48.6. The van der Waals surface area contributed by atoms with E-state index in [-0.39, 0.29) is 124 Å². The normalized spacial score (nSPS) is 17.9. The fraction of sp³-hybridized carbons (Fsp3) is 0.650. The lowest BCUT2D eigenvalue weighted by Crippen LogP contribution is -2.30. The highest BCUT2D eigenvalue weighted by Gasteiger charge is 2.49. The number of Topliss-reactive ketones (excluding diaryl/α,β-unsaturated/α-hetero) is 11. The van der Waals surface area contributed by atoms with Crippen molar-refractivity contribution in [1.82, 2.24) is 44.5 Å². The minimum Gasteiger partial charge on any atom is -0.490 e. The Hall–Kier alpha value is -7.51. The molecule has 3 fully saturated rings. The Labute approximate surface area is 730 Å². The van der Waals surface area contributed by atoms with E-state index in [2.05, 4.69) is 55.8 Å². The number of esters is 1. The topological polar surface area (TPSA) is 351 Å². The number of thiol groups is 2. The van der Waals surface area contributed by atoms with Gasteiger partial charge < -0.3 is 18.9 Å². The maximum atomic E-state index is 13.8. The molecule has 1 spiro atoms. The molecule has 2 saturated heterocycles. The van der Waals surface area contributed by atoms with Crippen molar-refractivity contribution in [1.29, 1.82) is 0 Å². The number of carbonyl (C=O) groups excluding carboxylic acids is 12. The molecule has 123 heavy (non-hydrogen) atoms. The third-order valence-electron chi connectivity index (χ3n) is 18.7. The van der Waals surface area contributed by atoms with Crippen LogP contribution < -0.4 is 11.3 Å². The van der Waals surface area contributed by atoms with Crippen LogP contribution in [-0.2, 0) is 128 Å². The van der Waals surface area contributed by atoms with E-state index < -0.39 is 122 Å². The standard InChI is InChI=1S/C13H16F2N2OS2.C11H10F4N2O2.C11H12F4N2O.C11H12F2N2O2.C10H14O3.C8H12O2.C6H8O2.C4H10N2O2.C4H8O.C2H6S2.ClH/c1-8(18)7-17-11-9(10(16-17)12(14)15)3-2-4-13(11)19-5-6-20-13;1-5(18)4-17-9-7(8(16-17)10(12)13)6(19)2-3-11(9,14)15;1-6(18)5-17-9-7(8(16-17)10(12)13)3-2-4-11(9,14)15;1-6(16)5-15-10-7(3-2-4-8(10)17)9(14-15)11(12)13;1-3-13-9-6-4-5-8(7(2)11)10(9)12;1-2-10-8-6-4-3-5-7(8)9;7-5-3-1-2-4-6(5)8;1-2-8-4(7)3-6-5;1-2-4-5-3-1;3-1-2-4;/h12H,2-7H2,1H3;10H,2-4H2,1H3;10H,2-5H2,1H3;11H,2-5H2,1H3;6,8H,3-5H2,1-2H3;6H,2-5H2,1H3;1-4H2;6H,2-3,5H2,1H3;1-4H2;3-4H,1-2H2;1H. The molecule has 0 aromatic carbocycles. The van der Waals surface area contributed by atoms with Crippen LogP contribution in [0, 0.1) is 5.92 Å². The summed E-state index contributed by atoms with van der Waals surface area (Å²) in [6, 6.07) is 0. The first-order chi connectivity index (χ1) is 57.6. The van der Waals surface area contributed by atoms with Crippen LogP contribution in [0.5, 0.6) is 0 Å². The highest BCUT2D eigenvalue weighted by atomic mass is 35.5. The van der Waals surface area contributed by atoms with Crippen molar-refractivity contribution in [3.8, 4) is 0 Å². The number of alkyl halides is 12. The predicted octanol–water partition coefficient (Wildman–Crippen LogP) is 15.5. The van der Waals surface area contributed by atoms with Crippen molar-refractivity contribution < 1.29 is 129 Å². The molecule has 1 atom stereocenters. The molecule has 6 heterocycles. The SMILES string of the molecule is C1CCOC1.CC(=O)Cn1nc(C(F)F)c2c1C(=O)CCC2.CC(=O)Cn1nc(C(F)F)c2c1C(F)(F)CCC2.CC(=O)Cn1nc(C(F)F)c2c1C(F)(F)CCC2=O.CC(=O)Cn1nc(C(F)F)c2c1C1(CCC2)SCCS1.CCOC(=O)CNN.CCOC1=CCCC(C(C)=O)C1=O.CCOC1=CCCCC1=O.Cl.O=C1CCCCC1=O.SCCS. The van der Waals surface area contributed by atoms with E-state index in [0.717, 1.165) is 103 Å². The zero-order valence-electron chi connectivity index (χ0n) is 69.8. The van der Waals surface area contributed by atoms with Crippen molar-refractivity contribution in [3.05, 3.63) is 91.5 Å². The van der Waals surface area contributed by atoms with Gasteiger partial charge >= 0.3 is 5.97 Å². The zero-order valence-corrected chi connectivity index (χ0v) is 74.1. The summed E-state index contributed by atoms with van der Waals surface area (Å²) in [4.78, 5) is 132. The van der Waals surface area contributed by atoms with E-state index in [1.807, 2.05) is 43.4 Å². The van der Waals surface area contributed by atoms with Gasteiger partial charge in [0.1, 0.15) is 62.8 Å². The maximum Gasteiger partial charge on any atom is 0.321 e. The molecule has 690 valence electrons. The van der Waals surface area contributed by atoms with Crippen molar-refractivity contribution in [2.75, 3.05) is 62.6 Å². The molecular weight excluding hydrogens is 1750 g/mol. The Bertz CT molecular complexity index is 4270. The number of nitrogens with zero attached hydrogens (tertiary/aromatic N) is 8. The number of aromatic nitrogens is 8. The molecule has 1 unspecified atom stereocenters. The molecule has 13 rings (SSSR count). The molecule has 0 radical (unpaired) electrons. The van der Waals surface area contributed by atoms with E-state index in [1.54, 1.807) is 17.7 Å². The summed E-state index contributed by atoms with van der Waals surface area (Å²) in [5.41, 5.74) is -0.00942. The van der Waals surface area contributed by atoms with Gasteiger partial charge in [-0.25, -0.2) is 40.5 Å². The van der Waals surface area contributed by atoms with E-state index in [0.29, 0.717) is 98.5 Å². The number of nitrogens with two attached hydrogens (primary N) is 1.